The second kappa shape index (κ2) is 5.61. The minimum atomic E-state index is 0.600. The van der Waals surface area contributed by atoms with Gasteiger partial charge in [0.2, 0.25) is 0 Å². The summed E-state index contributed by atoms with van der Waals surface area (Å²) in [7, 11) is 1.97. The first-order valence-electron chi connectivity index (χ1n) is 5.33. The van der Waals surface area contributed by atoms with Crippen LogP contribution < -0.4 is 5.73 Å². The number of nitrogens with zero attached hydrogens (tertiary/aromatic N) is 4. The Morgan fingerprint density at radius 2 is 2.29 bits per heavy atom. The molecule has 0 aliphatic rings. The summed E-state index contributed by atoms with van der Waals surface area (Å²) in [6, 6.07) is 0. The Morgan fingerprint density at radius 3 is 2.94 bits per heavy atom. The van der Waals surface area contributed by atoms with Crippen LogP contribution in [0.5, 0.6) is 0 Å². The molecule has 0 radical (unpaired) electrons. The van der Waals surface area contributed by atoms with Crippen LogP contribution >= 0.6 is 23.1 Å². The molecule has 0 fully saturated rings. The minimum Gasteiger partial charge on any atom is -0.330 e. The summed E-state index contributed by atoms with van der Waals surface area (Å²) in [5.74, 6) is 1.78. The van der Waals surface area contributed by atoms with Crippen LogP contribution in [0, 0.1) is 6.92 Å². The molecule has 0 spiro atoms. The maximum atomic E-state index is 5.51. The Labute approximate surface area is 108 Å². The third-order valence-electron chi connectivity index (χ3n) is 2.28. The summed E-state index contributed by atoms with van der Waals surface area (Å²) in [4.78, 5) is 4.42. The maximum absolute atomic E-state index is 5.51. The molecule has 0 bridgehead atoms. The van der Waals surface area contributed by atoms with Gasteiger partial charge in [0.1, 0.15) is 10.8 Å². The number of hydrogen-bond acceptors (Lipinski definition) is 6. The highest BCUT2D eigenvalue weighted by Gasteiger charge is 2.09. The molecule has 0 saturated heterocycles. The van der Waals surface area contributed by atoms with Gasteiger partial charge >= 0.3 is 0 Å². The molecule has 0 saturated carbocycles. The van der Waals surface area contributed by atoms with Crippen molar-refractivity contribution in [3.63, 3.8) is 0 Å². The van der Waals surface area contributed by atoms with Crippen molar-refractivity contribution >= 4 is 23.1 Å². The lowest BCUT2D eigenvalue weighted by atomic mass is 10.4. The maximum Gasteiger partial charge on any atom is 0.191 e. The highest BCUT2D eigenvalue weighted by molar-refractivity contribution is 7.98. The quantitative estimate of drug-likeness (QED) is 0.830. The fourth-order valence-corrected chi connectivity index (χ4v) is 3.13. The number of aryl methyl sites for hydroxylation is 1. The molecule has 0 atom stereocenters. The number of thioether (sulfide) groups is 1. The van der Waals surface area contributed by atoms with E-state index in [1.807, 2.05) is 18.5 Å². The fourth-order valence-electron chi connectivity index (χ4n) is 1.41. The van der Waals surface area contributed by atoms with Gasteiger partial charge in [-0.15, -0.1) is 21.5 Å². The lowest BCUT2D eigenvalue weighted by Crippen LogP contribution is -2.08. The van der Waals surface area contributed by atoms with E-state index < -0.39 is 0 Å². The molecule has 7 heteroatoms. The first-order chi connectivity index (χ1) is 8.20. The van der Waals surface area contributed by atoms with E-state index in [0.29, 0.717) is 6.54 Å². The number of hydrogen-bond donors (Lipinski definition) is 1. The zero-order valence-corrected chi connectivity index (χ0v) is 11.5. The molecule has 2 aromatic rings. The monoisotopic (exact) mass is 269 g/mol. The first kappa shape index (κ1) is 12.5. The Bertz CT molecular complexity index is 491. The van der Waals surface area contributed by atoms with E-state index in [-0.39, 0.29) is 0 Å². The van der Waals surface area contributed by atoms with Gasteiger partial charge < -0.3 is 10.3 Å². The van der Waals surface area contributed by atoms with Gasteiger partial charge in [-0.2, -0.15) is 0 Å². The van der Waals surface area contributed by atoms with E-state index in [9.17, 15) is 0 Å². The zero-order valence-electron chi connectivity index (χ0n) is 9.88. The highest BCUT2D eigenvalue weighted by atomic mass is 32.2. The first-order valence-corrected chi connectivity index (χ1v) is 7.19. The van der Waals surface area contributed by atoms with Crippen LogP contribution in [0.3, 0.4) is 0 Å². The van der Waals surface area contributed by atoms with Crippen LogP contribution in [0.25, 0.3) is 0 Å². The molecule has 0 amide bonds. The average Bonchev–Trinajstić information content (AvgIpc) is 2.86. The molecular weight excluding hydrogens is 254 g/mol. The summed E-state index contributed by atoms with van der Waals surface area (Å²) in [6.07, 6.45) is 0.764. The van der Waals surface area contributed by atoms with Gasteiger partial charge in [0.25, 0.3) is 0 Å². The van der Waals surface area contributed by atoms with Crippen LogP contribution in [0.1, 0.15) is 16.5 Å². The third-order valence-corrected chi connectivity index (χ3v) is 4.47. The van der Waals surface area contributed by atoms with Gasteiger partial charge in [0, 0.05) is 24.5 Å². The number of nitrogens with two attached hydrogens (primary N) is 1. The van der Waals surface area contributed by atoms with E-state index in [1.54, 1.807) is 23.1 Å². The number of thiazole rings is 1. The van der Waals surface area contributed by atoms with E-state index in [4.69, 9.17) is 5.73 Å². The SMILES string of the molecule is Cc1csc(CSc2nnc(CCN)n2C)n1. The molecule has 0 unspecified atom stereocenters. The molecule has 17 heavy (non-hydrogen) atoms. The number of rotatable bonds is 5. The summed E-state index contributed by atoms with van der Waals surface area (Å²) in [5, 5.41) is 12.4. The standard InChI is InChI=1S/C10H15N5S2/c1-7-5-16-9(12-7)6-17-10-14-13-8(3-4-11)15(10)2/h5H,3-4,6,11H2,1-2H3. The molecular formula is C10H15N5S2. The van der Waals surface area contributed by atoms with Gasteiger partial charge in [-0.25, -0.2) is 4.98 Å². The molecule has 2 N–H and O–H groups in total. The van der Waals surface area contributed by atoms with E-state index in [0.717, 1.165) is 33.9 Å². The normalized spacial score (nSPS) is 11.0. The van der Waals surface area contributed by atoms with Crippen molar-refractivity contribution in [3.05, 3.63) is 21.9 Å². The van der Waals surface area contributed by atoms with E-state index in [1.165, 1.54) is 0 Å². The zero-order chi connectivity index (χ0) is 12.3. The van der Waals surface area contributed by atoms with Gasteiger partial charge in [-0.05, 0) is 13.5 Å². The Kier molecular flexibility index (Phi) is 4.14. The van der Waals surface area contributed by atoms with Gasteiger partial charge in [-0.3, -0.25) is 0 Å². The summed E-state index contributed by atoms with van der Waals surface area (Å²) in [6.45, 7) is 2.61. The van der Waals surface area contributed by atoms with E-state index in [2.05, 4.69) is 20.6 Å². The summed E-state index contributed by atoms with van der Waals surface area (Å²) < 4.78 is 2.00. The smallest absolute Gasteiger partial charge is 0.191 e. The molecule has 5 nitrogen and oxygen atoms in total. The van der Waals surface area contributed by atoms with Crippen molar-refractivity contribution in [2.75, 3.05) is 6.54 Å². The van der Waals surface area contributed by atoms with Crippen LogP contribution in [-0.2, 0) is 19.2 Å². The number of aromatic nitrogens is 4. The average molecular weight is 269 g/mol. The molecule has 92 valence electrons. The van der Waals surface area contributed by atoms with Gasteiger partial charge in [0.15, 0.2) is 5.16 Å². The third kappa shape index (κ3) is 3.05. The second-order valence-electron chi connectivity index (χ2n) is 3.67. The van der Waals surface area contributed by atoms with Crippen LogP contribution in [-0.4, -0.2) is 26.3 Å². The topological polar surface area (TPSA) is 69.6 Å². The van der Waals surface area contributed by atoms with Crippen LogP contribution in [0.2, 0.25) is 0 Å². The van der Waals surface area contributed by atoms with Crippen molar-refractivity contribution in [2.24, 2.45) is 12.8 Å². The van der Waals surface area contributed by atoms with Crippen molar-refractivity contribution in [1.29, 1.82) is 0 Å². The predicted molar refractivity (Wildman–Crippen MR) is 70.2 cm³/mol. The second-order valence-corrected chi connectivity index (χ2v) is 5.55. The Balaban J connectivity index is 1.99. The predicted octanol–water partition coefficient (Wildman–Crippen LogP) is 1.37. The summed E-state index contributed by atoms with van der Waals surface area (Å²) in [5.41, 5.74) is 6.59. The van der Waals surface area contributed by atoms with Crippen LogP contribution in [0.4, 0.5) is 0 Å². The minimum absolute atomic E-state index is 0.600. The largest absolute Gasteiger partial charge is 0.330 e. The van der Waals surface area contributed by atoms with Crippen molar-refractivity contribution in [1.82, 2.24) is 19.7 Å². The van der Waals surface area contributed by atoms with Crippen molar-refractivity contribution in [3.8, 4) is 0 Å². The highest BCUT2D eigenvalue weighted by Crippen LogP contribution is 2.22. The lowest BCUT2D eigenvalue weighted by Gasteiger charge is -2.01. The molecule has 2 aromatic heterocycles. The van der Waals surface area contributed by atoms with Crippen molar-refractivity contribution in [2.45, 2.75) is 24.3 Å². The van der Waals surface area contributed by atoms with E-state index >= 15 is 0 Å². The molecule has 0 aliphatic carbocycles. The Hall–Kier alpha value is -0.920. The lowest BCUT2D eigenvalue weighted by molar-refractivity contribution is 0.727. The fraction of sp³-hybridized carbons (Fsp3) is 0.500. The van der Waals surface area contributed by atoms with Gasteiger partial charge in [-0.1, -0.05) is 11.8 Å². The van der Waals surface area contributed by atoms with Crippen molar-refractivity contribution < 1.29 is 0 Å². The Morgan fingerprint density at radius 1 is 1.47 bits per heavy atom. The summed E-state index contributed by atoms with van der Waals surface area (Å²) >= 11 is 3.34. The molecule has 2 rings (SSSR count). The molecule has 0 aliphatic heterocycles. The van der Waals surface area contributed by atoms with Gasteiger partial charge in [0.05, 0.1) is 5.75 Å². The molecule has 0 aromatic carbocycles. The molecule has 2 heterocycles. The van der Waals surface area contributed by atoms with Crippen LogP contribution in [0.15, 0.2) is 10.5 Å².